The molecular weight excluding hydrogens is 328 g/mol. The molecule has 132 valence electrons. The van der Waals surface area contributed by atoms with Crippen molar-refractivity contribution in [2.45, 2.75) is 13.3 Å². The number of nitrogens with zero attached hydrogens (tertiary/aromatic N) is 2. The number of benzene rings is 2. The van der Waals surface area contributed by atoms with Gasteiger partial charge in [0.2, 0.25) is 0 Å². The number of anilines is 3. The van der Waals surface area contributed by atoms with Gasteiger partial charge in [-0.2, -0.15) is 0 Å². The van der Waals surface area contributed by atoms with Crippen LogP contribution in [0.15, 0.2) is 60.9 Å². The Morgan fingerprint density at radius 1 is 1.04 bits per heavy atom. The van der Waals surface area contributed by atoms with Crippen LogP contribution >= 0.6 is 0 Å². The van der Waals surface area contributed by atoms with Gasteiger partial charge in [-0.05, 0) is 42.3 Å². The van der Waals surface area contributed by atoms with Crippen molar-refractivity contribution in [1.82, 2.24) is 9.97 Å². The summed E-state index contributed by atoms with van der Waals surface area (Å²) in [6, 6.07) is 15.2. The number of rotatable bonds is 6. The predicted molar refractivity (Wildman–Crippen MR) is 102 cm³/mol. The Morgan fingerprint density at radius 3 is 2.46 bits per heavy atom. The van der Waals surface area contributed by atoms with Gasteiger partial charge in [0, 0.05) is 11.4 Å². The summed E-state index contributed by atoms with van der Waals surface area (Å²) in [6.07, 6.45) is 3.83. The molecule has 0 saturated carbocycles. The zero-order chi connectivity index (χ0) is 18.4. The predicted octanol–water partition coefficient (Wildman–Crippen LogP) is 4.04. The minimum atomic E-state index is -0.283. The van der Waals surface area contributed by atoms with Gasteiger partial charge in [-0.3, -0.25) is 4.79 Å². The van der Waals surface area contributed by atoms with E-state index in [0.717, 1.165) is 29.1 Å². The summed E-state index contributed by atoms with van der Waals surface area (Å²) in [6.45, 7) is 2.05. The lowest BCUT2D eigenvalue weighted by molar-refractivity contribution is 0.102. The van der Waals surface area contributed by atoms with Crippen LogP contribution in [0, 0.1) is 0 Å². The molecule has 0 aliphatic rings. The van der Waals surface area contributed by atoms with Crippen LogP contribution < -0.4 is 15.4 Å². The summed E-state index contributed by atoms with van der Waals surface area (Å²) in [5, 5.41) is 6.01. The fourth-order valence-corrected chi connectivity index (χ4v) is 2.47. The monoisotopic (exact) mass is 348 g/mol. The third kappa shape index (κ3) is 4.16. The first kappa shape index (κ1) is 17.4. The van der Waals surface area contributed by atoms with Crippen LogP contribution in [0.3, 0.4) is 0 Å². The highest BCUT2D eigenvalue weighted by Crippen LogP contribution is 2.19. The van der Waals surface area contributed by atoms with Gasteiger partial charge in [-0.15, -0.1) is 0 Å². The molecule has 0 spiro atoms. The highest BCUT2D eigenvalue weighted by molar-refractivity contribution is 6.03. The summed E-state index contributed by atoms with van der Waals surface area (Å²) in [5.74, 6) is 1.05. The Bertz CT molecular complexity index is 877. The smallest absolute Gasteiger partial charge is 0.275 e. The molecule has 0 fully saturated rings. The van der Waals surface area contributed by atoms with E-state index in [9.17, 15) is 4.79 Å². The van der Waals surface area contributed by atoms with Gasteiger partial charge in [-0.1, -0.05) is 25.1 Å². The van der Waals surface area contributed by atoms with Crippen molar-refractivity contribution in [1.29, 1.82) is 0 Å². The standard InChI is InChI=1S/C20H20N4O2/c1-3-14-6-4-5-7-17(14)24-20(25)18-12-22-19(13-21-18)23-15-8-10-16(26-2)11-9-15/h4-13H,3H2,1-2H3,(H,22,23)(H,24,25). The summed E-state index contributed by atoms with van der Waals surface area (Å²) < 4.78 is 5.13. The number of ether oxygens (including phenoxy) is 1. The minimum Gasteiger partial charge on any atom is -0.497 e. The van der Waals surface area contributed by atoms with E-state index < -0.39 is 0 Å². The second-order valence-electron chi connectivity index (χ2n) is 5.61. The highest BCUT2D eigenvalue weighted by atomic mass is 16.5. The second-order valence-corrected chi connectivity index (χ2v) is 5.61. The van der Waals surface area contributed by atoms with Crippen molar-refractivity contribution in [3.63, 3.8) is 0 Å². The lowest BCUT2D eigenvalue weighted by Gasteiger charge is -2.10. The number of methoxy groups -OCH3 is 1. The number of carbonyl (C=O) groups excluding carboxylic acids is 1. The average Bonchev–Trinajstić information content (AvgIpc) is 2.69. The normalized spacial score (nSPS) is 10.2. The number of aryl methyl sites for hydroxylation is 1. The van der Waals surface area contributed by atoms with Crippen LogP contribution in [0.5, 0.6) is 5.75 Å². The molecule has 26 heavy (non-hydrogen) atoms. The van der Waals surface area contributed by atoms with E-state index in [1.54, 1.807) is 7.11 Å². The molecule has 2 aromatic carbocycles. The average molecular weight is 348 g/mol. The molecule has 3 rings (SSSR count). The Hall–Kier alpha value is -3.41. The highest BCUT2D eigenvalue weighted by Gasteiger charge is 2.10. The lowest BCUT2D eigenvalue weighted by Crippen LogP contribution is -2.15. The largest absolute Gasteiger partial charge is 0.497 e. The Balaban J connectivity index is 1.67. The Kier molecular flexibility index (Phi) is 5.43. The number of hydrogen-bond donors (Lipinski definition) is 2. The van der Waals surface area contributed by atoms with E-state index in [2.05, 4.69) is 20.6 Å². The van der Waals surface area contributed by atoms with Crippen molar-refractivity contribution in [3.05, 3.63) is 72.2 Å². The maximum atomic E-state index is 12.4. The molecule has 6 nitrogen and oxygen atoms in total. The Morgan fingerprint density at radius 2 is 1.81 bits per heavy atom. The zero-order valence-corrected chi connectivity index (χ0v) is 14.7. The topological polar surface area (TPSA) is 76.1 Å². The molecule has 1 heterocycles. The first-order chi connectivity index (χ1) is 12.7. The van der Waals surface area contributed by atoms with Gasteiger partial charge in [0.15, 0.2) is 0 Å². The number of amides is 1. The molecule has 0 saturated heterocycles. The maximum Gasteiger partial charge on any atom is 0.275 e. The summed E-state index contributed by atoms with van der Waals surface area (Å²) in [5.41, 5.74) is 2.99. The summed E-state index contributed by atoms with van der Waals surface area (Å²) in [4.78, 5) is 20.8. The van der Waals surface area contributed by atoms with E-state index in [-0.39, 0.29) is 11.6 Å². The molecule has 1 amide bonds. The number of para-hydroxylation sites is 1. The van der Waals surface area contributed by atoms with Crippen molar-refractivity contribution in [3.8, 4) is 5.75 Å². The van der Waals surface area contributed by atoms with Crippen LogP contribution in [-0.4, -0.2) is 23.0 Å². The van der Waals surface area contributed by atoms with Crippen LogP contribution in [0.4, 0.5) is 17.2 Å². The van der Waals surface area contributed by atoms with Crippen LogP contribution in [0.2, 0.25) is 0 Å². The zero-order valence-electron chi connectivity index (χ0n) is 14.7. The molecule has 1 aromatic heterocycles. The van der Waals surface area contributed by atoms with Crippen molar-refractivity contribution < 1.29 is 9.53 Å². The van der Waals surface area contributed by atoms with E-state index >= 15 is 0 Å². The van der Waals surface area contributed by atoms with Gasteiger partial charge >= 0.3 is 0 Å². The lowest BCUT2D eigenvalue weighted by atomic mass is 10.1. The van der Waals surface area contributed by atoms with E-state index in [0.29, 0.717) is 5.82 Å². The number of aromatic nitrogens is 2. The number of hydrogen-bond acceptors (Lipinski definition) is 5. The first-order valence-electron chi connectivity index (χ1n) is 8.32. The fraction of sp³-hybridized carbons (Fsp3) is 0.150. The van der Waals surface area contributed by atoms with E-state index in [4.69, 9.17) is 4.74 Å². The fourth-order valence-electron chi connectivity index (χ4n) is 2.47. The molecular formula is C20H20N4O2. The van der Waals surface area contributed by atoms with Crippen molar-refractivity contribution >= 4 is 23.1 Å². The molecule has 0 aliphatic carbocycles. The van der Waals surface area contributed by atoms with E-state index in [1.807, 2.05) is 55.5 Å². The first-order valence-corrected chi connectivity index (χ1v) is 8.32. The molecule has 3 aromatic rings. The second kappa shape index (κ2) is 8.11. The van der Waals surface area contributed by atoms with Gasteiger partial charge in [0.05, 0.1) is 19.5 Å². The molecule has 6 heteroatoms. The van der Waals surface area contributed by atoms with Gasteiger partial charge < -0.3 is 15.4 Å². The quantitative estimate of drug-likeness (QED) is 0.703. The van der Waals surface area contributed by atoms with Crippen LogP contribution in [0.25, 0.3) is 0 Å². The van der Waals surface area contributed by atoms with Gasteiger partial charge in [0.25, 0.3) is 5.91 Å². The summed E-state index contributed by atoms with van der Waals surface area (Å²) in [7, 11) is 1.62. The Labute approximate surface area is 152 Å². The molecule has 0 bridgehead atoms. The number of nitrogens with one attached hydrogen (secondary N) is 2. The van der Waals surface area contributed by atoms with Crippen LogP contribution in [0.1, 0.15) is 23.0 Å². The van der Waals surface area contributed by atoms with Gasteiger partial charge in [-0.25, -0.2) is 9.97 Å². The van der Waals surface area contributed by atoms with Gasteiger partial charge in [0.1, 0.15) is 17.3 Å². The van der Waals surface area contributed by atoms with Crippen molar-refractivity contribution in [2.24, 2.45) is 0 Å². The molecule has 2 N–H and O–H groups in total. The maximum absolute atomic E-state index is 12.4. The molecule has 0 unspecified atom stereocenters. The number of carbonyl (C=O) groups is 1. The molecule has 0 aliphatic heterocycles. The molecule has 0 radical (unpaired) electrons. The minimum absolute atomic E-state index is 0.260. The van der Waals surface area contributed by atoms with Crippen LogP contribution in [-0.2, 0) is 6.42 Å². The SMILES string of the molecule is CCc1ccccc1NC(=O)c1cnc(Nc2ccc(OC)cc2)cn1. The van der Waals surface area contributed by atoms with E-state index in [1.165, 1.54) is 12.4 Å². The third-order valence-corrected chi connectivity index (χ3v) is 3.89. The molecule has 0 atom stereocenters. The van der Waals surface area contributed by atoms with Crippen molar-refractivity contribution in [2.75, 3.05) is 17.7 Å². The third-order valence-electron chi connectivity index (χ3n) is 3.89. The summed E-state index contributed by atoms with van der Waals surface area (Å²) >= 11 is 0.